The Hall–Kier alpha value is -1.59. The SMILES string of the molecule is O=C(N[C@H]1CN2CCC1CC2)c1ccc(-c2cccs2)o1. The number of hydrogen-bond acceptors (Lipinski definition) is 4. The molecule has 0 saturated carbocycles. The number of carbonyl (C=O) groups excluding carboxylic acids is 1. The molecule has 2 aromatic heterocycles. The van der Waals surface area contributed by atoms with Gasteiger partial charge in [0.25, 0.3) is 5.91 Å². The molecule has 110 valence electrons. The fourth-order valence-electron chi connectivity index (χ4n) is 3.38. The van der Waals surface area contributed by atoms with E-state index in [-0.39, 0.29) is 11.9 Å². The van der Waals surface area contributed by atoms with Crippen LogP contribution in [0.5, 0.6) is 0 Å². The van der Waals surface area contributed by atoms with E-state index < -0.39 is 0 Å². The summed E-state index contributed by atoms with van der Waals surface area (Å²) in [4.78, 5) is 15.8. The fourth-order valence-corrected chi connectivity index (χ4v) is 4.07. The maximum absolute atomic E-state index is 12.4. The molecule has 3 aliphatic heterocycles. The standard InChI is InChI=1S/C16H18N2O2S/c19-16(17-12-10-18-7-5-11(12)6-8-18)14-4-3-13(20-14)15-2-1-9-21-15/h1-4,9,11-12H,5-8,10H2,(H,17,19)/t12-/m0/s1. The summed E-state index contributed by atoms with van der Waals surface area (Å²) in [5.74, 6) is 1.72. The van der Waals surface area contributed by atoms with Crippen molar-refractivity contribution >= 4 is 17.2 Å². The highest BCUT2D eigenvalue weighted by Gasteiger charge is 2.35. The highest BCUT2D eigenvalue weighted by Crippen LogP contribution is 2.29. The number of piperidine rings is 3. The van der Waals surface area contributed by atoms with E-state index in [1.165, 1.54) is 25.9 Å². The van der Waals surface area contributed by atoms with Gasteiger partial charge in [-0.05, 0) is 55.4 Å². The number of nitrogens with zero attached hydrogens (tertiary/aromatic N) is 1. The molecule has 1 N–H and O–H groups in total. The van der Waals surface area contributed by atoms with E-state index in [1.807, 2.05) is 23.6 Å². The summed E-state index contributed by atoms with van der Waals surface area (Å²) in [6.45, 7) is 3.34. The van der Waals surface area contributed by atoms with E-state index in [0.29, 0.717) is 11.7 Å². The summed E-state index contributed by atoms with van der Waals surface area (Å²) in [7, 11) is 0. The second-order valence-electron chi connectivity index (χ2n) is 5.86. The Balaban J connectivity index is 1.46. The van der Waals surface area contributed by atoms with Crippen LogP contribution in [0.3, 0.4) is 0 Å². The second kappa shape index (κ2) is 5.31. The summed E-state index contributed by atoms with van der Waals surface area (Å²) in [6.07, 6.45) is 2.40. The van der Waals surface area contributed by atoms with Gasteiger partial charge in [0, 0.05) is 12.6 Å². The third-order valence-electron chi connectivity index (χ3n) is 4.57. The first-order valence-corrected chi connectivity index (χ1v) is 8.34. The van der Waals surface area contributed by atoms with Crippen LogP contribution in [-0.4, -0.2) is 36.5 Å². The highest BCUT2D eigenvalue weighted by atomic mass is 32.1. The lowest BCUT2D eigenvalue weighted by Crippen LogP contribution is -2.57. The Bertz CT molecular complexity index is 627. The maximum Gasteiger partial charge on any atom is 0.287 e. The zero-order valence-corrected chi connectivity index (χ0v) is 12.6. The van der Waals surface area contributed by atoms with Crippen LogP contribution in [0.15, 0.2) is 34.1 Å². The van der Waals surface area contributed by atoms with Crippen molar-refractivity contribution in [3.8, 4) is 10.6 Å². The molecule has 0 aliphatic carbocycles. The van der Waals surface area contributed by atoms with Crippen LogP contribution in [0, 0.1) is 5.92 Å². The van der Waals surface area contributed by atoms with E-state index in [0.717, 1.165) is 17.2 Å². The lowest BCUT2D eigenvalue weighted by atomic mass is 9.84. The number of thiophene rings is 1. The van der Waals surface area contributed by atoms with E-state index in [1.54, 1.807) is 17.4 Å². The van der Waals surface area contributed by atoms with Crippen molar-refractivity contribution in [1.82, 2.24) is 10.2 Å². The van der Waals surface area contributed by atoms with Gasteiger partial charge in [-0.2, -0.15) is 0 Å². The van der Waals surface area contributed by atoms with Crippen LogP contribution in [0.25, 0.3) is 10.6 Å². The van der Waals surface area contributed by atoms with E-state index in [2.05, 4.69) is 10.2 Å². The van der Waals surface area contributed by atoms with E-state index in [9.17, 15) is 4.79 Å². The third kappa shape index (κ3) is 2.51. The number of amides is 1. The van der Waals surface area contributed by atoms with Gasteiger partial charge in [0.05, 0.1) is 4.88 Å². The topological polar surface area (TPSA) is 45.5 Å². The van der Waals surface area contributed by atoms with Crippen LogP contribution in [0.2, 0.25) is 0 Å². The smallest absolute Gasteiger partial charge is 0.287 e. The maximum atomic E-state index is 12.4. The van der Waals surface area contributed by atoms with E-state index in [4.69, 9.17) is 4.42 Å². The molecule has 3 saturated heterocycles. The molecule has 4 nitrogen and oxygen atoms in total. The molecule has 5 heteroatoms. The van der Waals surface area contributed by atoms with Crippen LogP contribution in [0.1, 0.15) is 23.4 Å². The molecule has 0 aromatic carbocycles. The van der Waals surface area contributed by atoms with Gasteiger partial charge in [-0.3, -0.25) is 4.79 Å². The van der Waals surface area contributed by atoms with Gasteiger partial charge in [-0.25, -0.2) is 0 Å². The molecule has 21 heavy (non-hydrogen) atoms. The molecular formula is C16H18N2O2S. The first-order chi connectivity index (χ1) is 10.3. The lowest BCUT2D eigenvalue weighted by Gasteiger charge is -2.44. The number of rotatable bonds is 3. The molecule has 0 spiro atoms. The number of nitrogens with one attached hydrogen (secondary N) is 1. The first kappa shape index (κ1) is 13.1. The van der Waals surface area contributed by atoms with Crippen molar-refractivity contribution in [2.45, 2.75) is 18.9 Å². The van der Waals surface area contributed by atoms with Gasteiger partial charge < -0.3 is 14.6 Å². The van der Waals surface area contributed by atoms with Crippen LogP contribution in [-0.2, 0) is 0 Å². The summed E-state index contributed by atoms with van der Waals surface area (Å²) in [5.41, 5.74) is 0. The van der Waals surface area contributed by atoms with Gasteiger partial charge in [0.1, 0.15) is 5.76 Å². The predicted octanol–water partition coefficient (Wildman–Crippen LogP) is 2.83. The quantitative estimate of drug-likeness (QED) is 0.948. The average molecular weight is 302 g/mol. The fraction of sp³-hybridized carbons (Fsp3) is 0.438. The minimum absolute atomic E-state index is 0.0865. The normalized spacial score (nSPS) is 27.7. The Morgan fingerprint density at radius 1 is 1.29 bits per heavy atom. The largest absolute Gasteiger partial charge is 0.450 e. The monoisotopic (exact) mass is 302 g/mol. The molecule has 3 aliphatic rings. The van der Waals surface area contributed by atoms with Crippen molar-refractivity contribution in [3.63, 3.8) is 0 Å². The van der Waals surface area contributed by atoms with Gasteiger partial charge in [-0.15, -0.1) is 11.3 Å². The van der Waals surface area contributed by atoms with Crippen molar-refractivity contribution in [2.75, 3.05) is 19.6 Å². The van der Waals surface area contributed by atoms with Crippen LogP contribution < -0.4 is 5.32 Å². The molecule has 2 bridgehead atoms. The minimum atomic E-state index is -0.0865. The van der Waals surface area contributed by atoms with E-state index >= 15 is 0 Å². The third-order valence-corrected chi connectivity index (χ3v) is 5.45. The number of fused-ring (bicyclic) bond motifs is 3. The Morgan fingerprint density at radius 3 is 2.81 bits per heavy atom. The molecular weight excluding hydrogens is 284 g/mol. The minimum Gasteiger partial charge on any atom is -0.450 e. The molecule has 3 fully saturated rings. The van der Waals surface area contributed by atoms with Gasteiger partial charge in [0.2, 0.25) is 0 Å². The number of carbonyl (C=O) groups is 1. The Morgan fingerprint density at radius 2 is 2.14 bits per heavy atom. The first-order valence-electron chi connectivity index (χ1n) is 7.46. The summed E-state index contributed by atoms with van der Waals surface area (Å²) < 4.78 is 5.70. The van der Waals surface area contributed by atoms with Crippen molar-refractivity contribution < 1.29 is 9.21 Å². The zero-order chi connectivity index (χ0) is 14.2. The average Bonchev–Trinajstić information content (AvgIpc) is 3.20. The van der Waals surface area contributed by atoms with Crippen molar-refractivity contribution in [3.05, 3.63) is 35.4 Å². The molecule has 5 heterocycles. The van der Waals surface area contributed by atoms with Crippen molar-refractivity contribution in [2.24, 2.45) is 5.92 Å². The Kier molecular flexibility index (Phi) is 3.31. The highest BCUT2D eigenvalue weighted by molar-refractivity contribution is 7.13. The van der Waals surface area contributed by atoms with Gasteiger partial charge >= 0.3 is 0 Å². The summed E-state index contributed by atoms with van der Waals surface area (Å²) in [5, 5.41) is 5.16. The molecule has 1 amide bonds. The molecule has 0 radical (unpaired) electrons. The lowest BCUT2D eigenvalue weighted by molar-refractivity contribution is 0.0606. The Labute approximate surface area is 127 Å². The number of furan rings is 1. The molecule has 5 rings (SSSR count). The zero-order valence-electron chi connectivity index (χ0n) is 11.7. The molecule has 0 unspecified atom stereocenters. The van der Waals surface area contributed by atoms with Crippen LogP contribution in [0.4, 0.5) is 0 Å². The summed E-state index contributed by atoms with van der Waals surface area (Å²) >= 11 is 1.61. The van der Waals surface area contributed by atoms with Crippen LogP contribution >= 0.6 is 11.3 Å². The van der Waals surface area contributed by atoms with Gasteiger partial charge in [-0.1, -0.05) is 6.07 Å². The van der Waals surface area contributed by atoms with Gasteiger partial charge in [0.15, 0.2) is 5.76 Å². The molecule has 1 atom stereocenters. The predicted molar refractivity (Wildman–Crippen MR) is 82.4 cm³/mol. The number of hydrogen-bond donors (Lipinski definition) is 1. The molecule has 2 aromatic rings. The summed E-state index contributed by atoms with van der Waals surface area (Å²) in [6, 6.07) is 7.90. The second-order valence-corrected chi connectivity index (χ2v) is 6.81. The van der Waals surface area contributed by atoms with Crippen molar-refractivity contribution in [1.29, 1.82) is 0 Å².